The van der Waals surface area contributed by atoms with E-state index < -0.39 is 6.04 Å². The Bertz CT molecular complexity index is 980. The number of thiocarbonyl (C=S) groups is 1. The fourth-order valence-corrected chi connectivity index (χ4v) is 5.43. The molecule has 1 atom stereocenters. The van der Waals surface area contributed by atoms with Crippen molar-refractivity contribution in [2.75, 3.05) is 25.0 Å². The van der Waals surface area contributed by atoms with E-state index in [2.05, 4.69) is 15.6 Å². The van der Waals surface area contributed by atoms with E-state index in [4.69, 9.17) is 12.2 Å². The van der Waals surface area contributed by atoms with Gasteiger partial charge in [-0.2, -0.15) is 0 Å². The van der Waals surface area contributed by atoms with Crippen LogP contribution in [0.15, 0.2) is 35.8 Å². The Kier molecular flexibility index (Phi) is 8.44. The zero-order chi connectivity index (χ0) is 23.9. The second kappa shape index (κ2) is 11.7. The van der Waals surface area contributed by atoms with Crippen molar-refractivity contribution in [1.82, 2.24) is 20.1 Å². The number of nitrogens with one attached hydrogen (secondary N) is 2. The maximum Gasteiger partial charge on any atom is 0.248 e. The van der Waals surface area contributed by atoms with Gasteiger partial charge in [0, 0.05) is 31.2 Å². The van der Waals surface area contributed by atoms with Crippen molar-refractivity contribution >= 4 is 45.6 Å². The lowest BCUT2D eigenvalue weighted by Gasteiger charge is -2.40. The van der Waals surface area contributed by atoms with E-state index in [0.717, 1.165) is 18.4 Å². The number of anilines is 1. The van der Waals surface area contributed by atoms with E-state index in [1.165, 1.54) is 42.7 Å². The van der Waals surface area contributed by atoms with Gasteiger partial charge in [-0.15, -0.1) is 11.3 Å². The number of hydrogen-bond donors (Lipinski definition) is 2. The van der Waals surface area contributed by atoms with Crippen molar-refractivity contribution in [1.29, 1.82) is 0 Å². The maximum absolute atomic E-state index is 13.2. The van der Waals surface area contributed by atoms with Crippen LogP contribution in [0.1, 0.15) is 44.1 Å². The van der Waals surface area contributed by atoms with E-state index in [9.17, 15) is 14.0 Å². The van der Waals surface area contributed by atoms with Crippen LogP contribution in [-0.2, 0) is 16.1 Å². The molecule has 10 heteroatoms. The highest BCUT2D eigenvalue weighted by atomic mass is 32.1. The minimum Gasteiger partial charge on any atom is -0.358 e. The molecule has 1 saturated heterocycles. The summed E-state index contributed by atoms with van der Waals surface area (Å²) in [6.45, 7) is 1.56. The summed E-state index contributed by atoms with van der Waals surface area (Å²) in [6, 6.07) is 5.70. The van der Waals surface area contributed by atoms with Gasteiger partial charge in [-0.25, -0.2) is 9.37 Å². The summed E-state index contributed by atoms with van der Waals surface area (Å²) in [7, 11) is 0. The molecular weight excluding hydrogens is 473 g/mol. The predicted octanol–water partition coefficient (Wildman–Crippen LogP) is 3.78. The monoisotopic (exact) mass is 503 g/mol. The molecule has 1 aliphatic carbocycles. The average Bonchev–Trinajstić information content (AvgIpc) is 3.36. The van der Waals surface area contributed by atoms with E-state index in [1.807, 2.05) is 10.3 Å². The van der Waals surface area contributed by atoms with E-state index >= 15 is 0 Å². The summed E-state index contributed by atoms with van der Waals surface area (Å²) < 4.78 is 13.1. The minimum atomic E-state index is -0.512. The molecule has 0 spiro atoms. The summed E-state index contributed by atoms with van der Waals surface area (Å²) in [6.07, 6.45) is 8.14. The second-order valence-corrected chi connectivity index (χ2v) is 10.2. The van der Waals surface area contributed by atoms with Gasteiger partial charge in [-0.3, -0.25) is 9.59 Å². The highest BCUT2D eigenvalue weighted by Gasteiger charge is 2.36. The molecule has 1 saturated carbocycles. The first-order chi connectivity index (χ1) is 16.5. The topological polar surface area (TPSA) is 77.6 Å². The Balaban J connectivity index is 1.37. The first-order valence-corrected chi connectivity index (χ1v) is 13.1. The van der Waals surface area contributed by atoms with Crippen LogP contribution in [0.25, 0.3) is 0 Å². The molecule has 2 aliphatic rings. The van der Waals surface area contributed by atoms with Crippen molar-refractivity contribution in [2.24, 2.45) is 5.92 Å². The van der Waals surface area contributed by atoms with Crippen LogP contribution in [0.2, 0.25) is 0 Å². The number of halogens is 1. The molecule has 1 aromatic carbocycles. The molecular formula is C24H30FN5O2S2. The van der Waals surface area contributed by atoms with Crippen LogP contribution < -0.4 is 10.6 Å². The number of hydrogen-bond acceptors (Lipinski definition) is 5. The van der Waals surface area contributed by atoms with Gasteiger partial charge in [-0.05, 0) is 42.3 Å². The number of carbonyl (C=O) groups is 2. The van der Waals surface area contributed by atoms with Crippen LogP contribution >= 0.6 is 23.6 Å². The van der Waals surface area contributed by atoms with Crippen LogP contribution in [-0.4, -0.2) is 57.4 Å². The van der Waals surface area contributed by atoms with Crippen LogP contribution in [0.4, 0.5) is 9.52 Å². The Morgan fingerprint density at radius 2 is 1.97 bits per heavy atom. The zero-order valence-electron chi connectivity index (χ0n) is 19.0. The minimum absolute atomic E-state index is 0.104. The van der Waals surface area contributed by atoms with Gasteiger partial charge in [-0.1, -0.05) is 44.2 Å². The van der Waals surface area contributed by atoms with Gasteiger partial charge in [0.25, 0.3) is 0 Å². The van der Waals surface area contributed by atoms with E-state index in [1.54, 1.807) is 23.2 Å². The third kappa shape index (κ3) is 6.50. The van der Waals surface area contributed by atoms with Gasteiger partial charge in [0.15, 0.2) is 10.2 Å². The molecule has 2 amide bonds. The quantitative estimate of drug-likeness (QED) is 0.560. The lowest BCUT2D eigenvalue weighted by molar-refractivity contribution is -0.142. The molecule has 7 nitrogen and oxygen atoms in total. The third-order valence-corrected chi connectivity index (χ3v) is 7.62. The predicted molar refractivity (Wildman–Crippen MR) is 135 cm³/mol. The summed E-state index contributed by atoms with van der Waals surface area (Å²) in [5.41, 5.74) is 0.903. The van der Waals surface area contributed by atoms with Crippen molar-refractivity contribution in [3.8, 4) is 0 Å². The molecule has 34 heavy (non-hydrogen) atoms. The molecule has 2 heterocycles. The zero-order valence-corrected chi connectivity index (χ0v) is 20.7. The molecule has 0 bridgehead atoms. The Morgan fingerprint density at radius 1 is 1.21 bits per heavy atom. The normalized spacial score (nSPS) is 18.0. The van der Waals surface area contributed by atoms with Crippen molar-refractivity contribution in [3.05, 3.63) is 47.2 Å². The van der Waals surface area contributed by atoms with Crippen LogP contribution in [0, 0.1) is 11.7 Å². The third-order valence-electron chi connectivity index (χ3n) is 6.52. The van der Waals surface area contributed by atoms with Crippen LogP contribution in [0.5, 0.6) is 0 Å². The highest BCUT2D eigenvalue weighted by Crippen LogP contribution is 2.30. The number of aromatic nitrogens is 1. The van der Waals surface area contributed by atoms with E-state index in [0.29, 0.717) is 42.2 Å². The van der Waals surface area contributed by atoms with Crippen molar-refractivity contribution in [2.45, 2.75) is 51.1 Å². The summed E-state index contributed by atoms with van der Waals surface area (Å²) >= 11 is 6.87. The molecule has 4 rings (SSSR count). The lowest BCUT2D eigenvalue weighted by Crippen LogP contribution is -2.59. The molecule has 2 fully saturated rings. The average molecular weight is 504 g/mol. The van der Waals surface area contributed by atoms with Gasteiger partial charge in [0.2, 0.25) is 11.8 Å². The first kappa shape index (κ1) is 24.5. The van der Waals surface area contributed by atoms with E-state index in [-0.39, 0.29) is 24.2 Å². The molecule has 2 N–H and O–H groups in total. The van der Waals surface area contributed by atoms with Gasteiger partial charge < -0.3 is 20.4 Å². The molecule has 1 aromatic heterocycles. The Hall–Kier alpha value is -2.59. The molecule has 1 unspecified atom stereocenters. The number of thiazole rings is 1. The van der Waals surface area contributed by atoms with Gasteiger partial charge in [0.1, 0.15) is 11.9 Å². The molecule has 182 valence electrons. The van der Waals surface area contributed by atoms with Crippen molar-refractivity contribution in [3.63, 3.8) is 0 Å². The number of carbonyl (C=O) groups excluding carboxylic acids is 2. The second-order valence-electron chi connectivity index (χ2n) is 8.88. The Morgan fingerprint density at radius 3 is 2.65 bits per heavy atom. The summed E-state index contributed by atoms with van der Waals surface area (Å²) in [5.74, 6) is -0.105. The number of nitrogens with zero attached hydrogens (tertiary/aromatic N) is 3. The highest BCUT2D eigenvalue weighted by molar-refractivity contribution is 7.80. The number of rotatable bonds is 7. The SMILES string of the molecule is O=C(Nc1nccs1)C(CC1CCCCC1)N1CCN(C(=S)NCc2ccc(F)cc2)CC1=O. The van der Waals surface area contributed by atoms with Gasteiger partial charge >= 0.3 is 0 Å². The first-order valence-electron chi connectivity index (χ1n) is 11.8. The fraction of sp³-hybridized carbons (Fsp3) is 0.500. The smallest absolute Gasteiger partial charge is 0.248 e. The fourth-order valence-electron chi connectivity index (χ4n) is 4.67. The lowest BCUT2D eigenvalue weighted by atomic mass is 9.84. The largest absolute Gasteiger partial charge is 0.358 e. The van der Waals surface area contributed by atoms with Gasteiger partial charge in [0.05, 0.1) is 6.54 Å². The molecule has 2 aromatic rings. The number of piperazine rings is 1. The number of amides is 2. The van der Waals surface area contributed by atoms with Crippen molar-refractivity contribution < 1.29 is 14.0 Å². The number of benzene rings is 1. The van der Waals surface area contributed by atoms with Crippen LogP contribution in [0.3, 0.4) is 0 Å². The molecule has 0 radical (unpaired) electrons. The summed E-state index contributed by atoms with van der Waals surface area (Å²) in [5, 5.41) is 8.90. The Labute approximate surface area is 208 Å². The summed E-state index contributed by atoms with van der Waals surface area (Å²) in [4.78, 5) is 34.1. The maximum atomic E-state index is 13.2. The molecule has 1 aliphatic heterocycles. The standard InChI is InChI=1S/C24H30FN5O2S2/c25-19-8-6-18(7-9-19)15-27-24(33)29-11-12-30(21(31)16-29)20(14-17-4-2-1-3-5-17)22(32)28-23-26-10-13-34-23/h6-10,13,17,20H,1-5,11-12,14-16H2,(H,27,33)(H,26,28,32).